The molecule has 1 saturated carbocycles. The highest BCUT2D eigenvalue weighted by Crippen LogP contribution is 2.17. The zero-order valence-electron chi connectivity index (χ0n) is 12.1. The molecule has 2 heterocycles. The first-order valence-electron chi connectivity index (χ1n) is 7.42. The SMILES string of the molecule is O=C(NC1CCCCC1)c1cnc(-c2cccnn2)[nH]c1=O. The number of aromatic amines is 1. The second kappa shape index (κ2) is 6.46. The molecule has 2 aromatic rings. The average molecular weight is 299 g/mol. The lowest BCUT2D eigenvalue weighted by Gasteiger charge is -2.22. The molecule has 1 aliphatic carbocycles. The summed E-state index contributed by atoms with van der Waals surface area (Å²) in [5, 5.41) is 10.5. The summed E-state index contributed by atoms with van der Waals surface area (Å²) < 4.78 is 0. The summed E-state index contributed by atoms with van der Waals surface area (Å²) in [4.78, 5) is 31.0. The molecule has 2 N–H and O–H groups in total. The van der Waals surface area contributed by atoms with Crippen LogP contribution in [0.2, 0.25) is 0 Å². The van der Waals surface area contributed by atoms with Crippen molar-refractivity contribution in [2.45, 2.75) is 38.1 Å². The molecule has 0 bridgehead atoms. The van der Waals surface area contributed by atoms with E-state index >= 15 is 0 Å². The van der Waals surface area contributed by atoms with E-state index in [1.54, 1.807) is 12.1 Å². The van der Waals surface area contributed by atoms with Crippen LogP contribution in [-0.4, -0.2) is 32.1 Å². The third-order valence-corrected chi connectivity index (χ3v) is 3.80. The average Bonchev–Trinajstić information content (AvgIpc) is 2.56. The minimum Gasteiger partial charge on any atom is -0.349 e. The van der Waals surface area contributed by atoms with Crippen LogP contribution in [0, 0.1) is 0 Å². The normalized spacial score (nSPS) is 15.5. The molecule has 0 unspecified atom stereocenters. The Bertz CT molecular complexity index is 707. The van der Waals surface area contributed by atoms with Crippen molar-refractivity contribution in [3.8, 4) is 11.5 Å². The van der Waals surface area contributed by atoms with Gasteiger partial charge < -0.3 is 10.3 Å². The second-order valence-corrected chi connectivity index (χ2v) is 5.39. The topological polar surface area (TPSA) is 101 Å². The number of hydrogen-bond acceptors (Lipinski definition) is 5. The van der Waals surface area contributed by atoms with Crippen LogP contribution in [0.25, 0.3) is 11.5 Å². The molecule has 7 heteroatoms. The Morgan fingerprint density at radius 1 is 1.27 bits per heavy atom. The molecule has 0 saturated heterocycles. The van der Waals surface area contributed by atoms with E-state index in [-0.39, 0.29) is 17.5 Å². The number of carbonyl (C=O) groups excluding carboxylic acids is 1. The Labute approximate surface area is 127 Å². The molecule has 22 heavy (non-hydrogen) atoms. The van der Waals surface area contributed by atoms with Crippen molar-refractivity contribution in [2.24, 2.45) is 0 Å². The van der Waals surface area contributed by atoms with E-state index in [1.165, 1.54) is 18.8 Å². The van der Waals surface area contributed by atoms with Crippen molar-refractivity contribution < 1.29 is 4.79 Å². The third-order valence-electron chi connectivity index (χ3n) is 3.80. The van der Waals surface area contributed by atoms with Crippen molar-refractivity contribution in [3.63, 3.8) is 0 Å². The number of nitrogens with one attached hydrogen (secondary N) is 2. The largest absolute Gasteiger partial charge is 0.349 e. The van der Waals surface area contributed by atoms with Gasteiger partial charge in [-0.25, -0.2) is 4.98 Å². The van der Waals surface area contributed by atoms with E-state index in [0.29, 0.717) is 11.5 Å². The molecule has 0 spiro atoms. The number of rotatable bonds is 3. The molecule has 0 aliphatic heterocycles. The van der Waals surface area contributed by atoms with Gasteiger partial charge in [0.25, 0.3) is 11.5 Å². The molecule has 2 aromatic heterocycles. The van der Waals surface area contributed by atoms with Crippen LogP contribution in [0.5, 0.6) is 0 Å². The molecule has 0 atom stereocenters. The number of H-pyrrole nitrogens is 1. The van der Waals surface area contributed by atoms with Gasteiger partial charge >= 0.3 is 0 Å². The minimum atomic E-state index is -0.469. The van der Waals surface area contributed by atoms with Gasteiger partial charge in [-0.1, -0.05) is 19.3 Å². The molecule has 0 aromatic carbocycles. The summed E-state index contributed by atoms with van der Waals surface area (Å²) in [5.74, 6) is -0.0707. The van der Waals surface area contributed by atoms with Gasteiger partial charge in [-0.2, -0.15) is 5.10 Å². The van der Waals surface area contributed by atoms with Crippen LogP contribution < -0.4 is 10.9 Å². The molecule has 1 amide bonds. The Morgan fingerprint density at radius 2 is 2.09 bits per heavy atom. The molecular formula is C15H17N5O2. The van der Waals surface area contributed by atoms with Gasteiger partial charge in [0.2, 0.25) is 0 Å². The molecule has 0 radical (unpaired) electrons. The summed E-state index contributed by atoms with van der Waals surface area (Å²) >= 11 is 0. The number of carbonyl (C=O) groups is 1. The highest BCUT2D eigenvalue weighted by atomic mass is 16.2. The zero-order valence-corrected chi connectivity index (χ0v) is 12.1. The van der Waals surface area contributed by atoms with E-state index in [0.717, 1.165) is 25.7 Å². The van der Waals surface area contributed by atoms with E-state index in [4.69, 9.17) is 0 Å². The molecule has 1 aliphatic rings. The lowest BCUT2D eigenvalue weighted by molar-refractivity contribution is 0.0926. The summed E-state index contributed by atoms with van der Waals surface area (Å²) in [5.41, 5.74) is 0.0148. The van der Waals surface area contributed by atoms with Crippen molar-refractivity contribution in [2.75, 3.05) is 0 Å². The predicted octanol–water partition coefficient (Wildman–Crippen LogP) is 1.29. The van der Waals surface area contributed by atoms with E-state index in [2.05, 4.69) is 25.5 Å². The first-order chi connectivity index (χ1) is 10.7. The van der Waals surface area contributed by atoms with Gasteiger partial charge in [-0.15, -0.1) is 5.10 Å². The Balaban J connectivity index is 1.77. The maximum absolute atomic E-state index is 12.2. The Kier molecular flexibility index (Phi) is 4.22. The third kappa shape index (κ3) is 3.19. The molecule has 114 valence electrons. The summed E-state index contributed by atoms with van der Waals surface area (Å²) in [6.07, 6.45) is 8.20. The number of nitrogens with zero attached hydrogens (tertiary/aromatic N) is 3. The molecule has 7 nitrogen and oxygen atoms in total. The van der Waals surface area contributed by atoms with Gasteiger partial charge in [-0.3, -0.25) is 9.59 Å². The minimum absolute atomic E-state index is 0.0261. The van der Waals surface area contributed by atoms with Gasteiger partial charge in [0.05, 0.1) is 0 Å². The highest BCUT2D eigenvalue weighted by molar-refractivity contribution is 5.93. The number of amides is 1. The second-order valence-electron chi connectivity index (χ2n) is 5.39. The quantitative estimate of drug-likeness (QED) is 0.889. The maximum atomic E-state index is 12.2. The molecule has 3 rings (SSSR count). The Hall–Kier alpha value is -2.57. The van der Waals surface area contributed by atoms with E-state index < -0.39 is 5.56 Å². The fourth-order valence-electron chi connectivity index (χ4n) is 2.62. The summed E-state index contributed by atoms with van der Waals surface area (Å²) in [6, 6.07) is 3.54. The monoisotopic (exact) mass is 299 g/mol. The van der Waals surface area contributed by atoms with Crippen molar-refractivity contribution in [1.29, 1.82) is 0 Å². The first kappa shape index (κ1) is 14.4. The van der Waals surface area contributed by atoms with Gasteiger partial charge in [0.15, 0.2) is 5.82 Å². The fraction of sp³-hybridized carbons (Fsp3) is 0.400. The van der Waals surface area contributed by atoms with Crippen LogP contribution in [0.3, 0.4) is 0 Å². The molecular weight excluding hydrogens is 282 g/mol. The number of aromatic nitrogens is 4. The van der Waals surface area contributed by atoms with Gasteiger partial charge in [0, 0.05) is 18.4 Å². The van der Waals surface area contributed by atoms with Crippen molar-refractivity contribution in [1.82, 2.24) is 25.5 Å². The van der Waals surface area contributed by atoms with Crippen LogP contribution in [0.4, 0.5) is 0 Å². The maximum Gasteiger partial charge on any atom is 0.264 e. The van der Waals surface area contributed by atoms with Crippen molar-refractivity contribution in [3.05, 3.63) is 40.4 Å². The fourth-order valence-corrected chi connectivity index (χ4v) is 2.62. The van der Waals surface area contributed by atoms with Crippen molar-refractivity contribution >= 4 is 5.91 Å². The smallest absolute Gasteiger partial charge is 0.264 e. The number of hydrogen-bond donors (Lipinski definition) is 2. The molecule has 1 fully saturated rings. The van der Waals surface area contributed by atoms with Gasteiger partial charge in [0.1, 0.15) is 11.3 Å². The first-order valence-corrected chi connectivity index (χ1v) is 7.42. The lowest BCUT2D eigenvalue weighted by Crippen LogP contribution is -2.38. The van der Waals surface area contributed by atoms with Crippen LogP contribution in [-0.2, 0) is 0 Å². The van der Waals surface area contributed by atoms with Crippen LogP contribution >= 0.6 is 0 Å². The summed E-state index contributed by atoms with van der Waals surface area (Å²) in [7, 11) is 0. The van der Waals surface area contributed by atoms with Crippen LogP contribution in [0.1, 0.15) is 42.5 Å². The standard InChI is InChI=1S/C15H17N5O2/c21-14(18-10-5-2-1-3-6-10)11-9-16-13(19-15(11)22)12-7-4-8-17-20-12/h4,7-10H,1-3,5-6H2,(H,18,21)(H,16,19,22). The van der Waals surface area contributed by atoms with Gasteiger partial charge in [-0.05, 0) is 25.0 Å². The Morgan fingerprint density at radius 3 is 2.77 bits per heavy atom. The van der Waals surface area contributed by atoms with E-state index in [9.17, 15) is 9.59 Å². The lowest BCUT2D eigenvalue weighted by atomic mass is 9.95. The summed E-state index contributed by atoms with van der Waals surface area (Å²) in [6.45, 7) is 0. The zero-order chi connectivity index (χ0) is 15.4. The highest BCUT2D eigenvalue weighted by Gasteiger charge is 2.19. The van der Waals surface area contributed by atoms with E-state index in [1.807, 2.05) is 0 Å². The predicted molar refractivity (Wildman–Crippen MR) is 80.2 cm³/mol. The van der Waals surface area contributed by atoms with Crippen LogP contribution in [0.15, 0.2) is 29.3 Å².